The first-order valence-corrected chi connectivity index (χ1v) is 12.0. The van der Waals surface area contributed by atoms with Gasteiger partial charge >= 0.3 is 88.0 Å². The van der Waals surface area contributed by atoms with Gasteiger partial charge in [-0.15, -0.1) is 0 Å². The van der Waals surface area contributed by atoms with Crippen LogP contribution in [0.15, 0.2) is 0 Å². The van der Waals surface area contributed by atoms with E-state index in [1.807, 2.05) is 12.1 Å². The average molecular weight is 440 g/mol. The predicted molar refractivity (Wildman–Crippen MR) is 88.3 cm³/mol. The number of carboxylic acids is 2. The molecule has 0 aliphatic carbocycles. The number of aliphatic carboxylic acids is 2. The summed E-state index contributed by atoms with van der Waals surface area (Å²) in [5.41, 5.74) is 10.4. The van der Waals surface area contributed by atoms with Gasteiger partial charge in [0.25, 0.3) is 0 Å². The van der Waals surface area contributed by atoms with E-state index in [0.29, 0.717) is 27.8 Å². The van der Waals surface area contributed by atoms with E-state index in [1.165, 1.54) is 0 Å². The van der Waals surface area contributed by atoms with Crippen molar-refractivity contribution in [2.24, 2.45) is 11.5 Å². The summed E-state index contributed by atoms with van der Waals surface area (Å²) in [6.07, 6.45) is 3.09. The minimum absolute atomic E-state index is 0.549. The molecule has 0 radical (unpaired) electrons. The molecule has 0 aromatic heterocycles. The van der Waals surface area contributed by atoms with Gasteiger partial charge in [0.15, 0.2) is 0 Å². The molecule has 0 spiro atoms. The Morgan fingerprint density at radius 2 is 1.55 bits per heavy atom. The molecule has 0 heterocycles. The monoisotopic (exact) mass is 442 g/mol. The van der Waals surface area contributed by atoms with Gasteiger partial charge in [-0.2, -0.15) is 11.8 Å². The summed E-state index contributed by atoms with van der Waals surface area (Å²) in [7, 11) is 0. The molecular weight excluding hydrogens is 414 g/mol. The van der Waals surface area contributed by atoms with Crippen molar-refractivity contribution in [3.05, 3.63) is 0 Å². The number of hydrogen-bond donors (Lipinski definition) is 4. The topological polar surface area (TPSA) is 127 Å². The van der Waals surface area contributed by atoms with Gasteiger partial charge in [-0.3, -0.25) is 4.79 Å². The van der Waals surface area contributed by atoms with Gasteiger partial charge in [-0.05, 0) is 18.4 Å². The number of carbonyl (C=O) groups is 2. The van der Waals surface area contributed by atoms with Gasteiger partial charge in [0.1, 0.15) is 6.04 Å². The van der Waals surface area contributed by atoms with Crippen LogP contribution in [0, 0.1) is 0 Å². The molecule has 0 amide bonds. The Morgan fingerprint density at radius 1 is 1.15 bits per heavy atom. The van der Waals surface area contributed by atoms with Crippen LogP contribution in [0.25, 0.3) is 0 Å². The molecule has 0 saturated carbocycles. The molecule has 9 heteroatoms. The van der Waals surface area contributed by atoms with Crippen molar-refractivity contribution in [3.8, 4) is 0 Å². The summed E-state index contributed by atoms with van der Waals surface area (Å²) in [4.78, 5) is 20.2. The van der Waals surface area contributed by atoms with Crippen molar-refractivity contribution in [1.82, 2.24) is 0 Å². The Hall–Kier alpha value is 0.249. The van der Waals surface area contributed by atoms with Gasteiger partial charge in [0.05, 0.1) is 0 Å². The zero-order chi connectivity index (χ0) is 16.6. The molecule has 122 valence electrons. The third kappa shape index (κ3) is 20.6. The van der Waals surface area contributed by atoms with Crippen molar-refractivity contribution >= 4 is 54.7 Å². The molecule has 0 unspecified atom stereocenters. The molecule has 6 N–H and O–H groups in total. The van der Waals surface area contributed by atoms with E-state index in [4.69, 9.17) is 21.7 Å². The van der Waals surface area contributed by atoms with Crippen LogP contribution in [-0.4, -0.2) is 77.2 Å². The van der Waals surface area contributed by atoms with Gasteiger partial charge in [0, 0.05) is 0 Å². The van der Waals surface area contributed by atoms with Gasteiger partial charge < -0.3 is 10.8 Å². The average Bonchev–Trinajstić information content (AvgIpc) is 2.44. The Morgan fingerprint density at radius 3 is 1.85 bits per heavy atom. The number of hydrogen-bond acceptors (Lipinski definition) is 5. The van der Waals surface area contributed by atoms with Gasteiger partial charge in [-0.1, -0.05) is 0 Å². The van der Waals surface area contributed by atoms with Crippen LogP contribution in [0.1, 0.15) is 12.8 Å². The van der Waals surface area contributed by atoms with Gasteiger partial charge in [0.2, 0.25) is 0 Å². The molecule has 0 aliphatic heterocycles. The molecule has 0 aromatic rings. The number of carboxylic acid groups (broad SMARTS) is 2. The van der Waals surface area contributed by atoms with E-state index in [9.17, 15) is 9.59 Å². The summed E-state index contributed by atoms with van der Waals surface area (Å²) in [5.74, 6) is 3.02. The maximum absolute atomic E-state index is 10.1. The first kappa shape index (κ1) is 25.2. The van der Waals surface area contributed by atoms with E-state index in [2.05, 4.69) is 21.8 Å². The summed E-state index contributed by atoms with van der Waals surface area (Å²) in [6.45, 7) is 0. The van der Waals surface area contributed by atoms with Crippen molar-refractivity contribution in [2.45, 2.75) is 41.9 Å². The van der Waals surface area contributed by atoms with Crippen molar-refractivity contribution < 1.29 is 19.8 Å². The van der Waals surface area contributed by atoms with Crippen LogP contribution in [-0.2, 0) is 9.59 Å². The van der Waals surface area contributed by atoms with Crippen LogP contribution in [0.5, 0.6) is 0 Å². The van der Waals surface area contributed by atoms with E-state index < -0.39 is 24.0 Å². The first-order chi connectivity index (χ1) is 9.36. The second-order valence-corrected chi connectivity index (χ2v) is 6.51. The van der Waals surface area contributed by atoms with Crippen molar-refractivity contribution in [1.29, 1.82) is 0 Å². The fourth-order valence-electron chi connectivity index (χ4n) is 0.737. The predicted octanol–water partition coefficient (Wildman–Crippen LogP) is 0.0457. The van der Waals surface area contributed by atoms with Crippen LogP contribution < -0.4 is 11.5 Å². The molecule has 0 aromatic carbocycles. The summed E-state index contributed by atoms with van der Waals surface area (Å²) < 4.78 is 0. The molecule has 0 aliphatic rings. The molecule has 20 heavy (non-hydrogen) atoms. The second kappa shape index (κ2) is 19.2. The quantitative estimate of drug-likeness (QED) is 0.393. The van der Waals surface area contributed by atoms with E-state index in [0.717, 1.165) is 11.1 Å². The molecular formula is C11H26N2O4SSe2. The Kier molecular flexibility index (Phi) is 24.3. The standard InChI is InChI=1S/C5H11NO2S.C5H11NO2Se.CH4Se/c2*1-9-3-2-4(6)5(7)8;1-2/h2*4H,2-3,6H2,1H3,(H,7,8);2H,1H3/t2*4-;/m00./s1. The molecule has 0 bridgehead atoms. The number of rotatable bonds is 8. The van der Waals surface area contributed by atoms with E-state index >= 15 is 0 Å². The maximum atomic E-state index is 10.1. The molecule has 0 fully saturated rings. The fourth-order valence-corrected chi connectivity index (χ4v) is 2.25. The molecule has 0 rings (SSSR count). The molecule has 6 nitrogen and oxygen atoms in total. The summed E-state index contributed by atoms with van der Waals surface area (Å²) in [5, 5.41) is 17.5. The van der Waals surface area contributed by atoms with Crippen LogP contribution in [0.4, 0.5) is 0 Å². The summed E-state index contributed by atoms with van der Waals surface area (Å²) in [6, 6.07) is -1.33. The number of nitrogens with two attached hydrogens (primary N) is 2. The molecule has 0 saturated heterocycles. The Bertz CT molecular complexity index is 224. The zero-order valence-electron chi connectivity index (χ0n) is 12.1. The van der Waals surface area contributed by atoms with Crippen molar-refractivity contribution in [2.75, 3.05) is 12.0 Å². The van der Waals surface area contributed by atoms with Crippen LogP contribution in [0.2, 0.25) is 17.0 Å². The molecule has 2 atom stereocenters. The second-order valence-electron chi connectivity index (χ2n) is 3.45. The summed E-state index contributed by atoms with van der Waals surface area (Å²) >= 11 is 4.47. The Labute approximate surface area is 139 Å². The fraction of sp³-hybridized carbons (Fsp3) is 0.818. The third-order valence-electron chi connectivity index (χ3n) is 1.90. The first-order valence-electron chi connectivity index (χ1n) is 5.76. The van der Waals surface area contributed by atoms with E-state index in [-0.39, 0.29) is 0 Å². The third-order valence-corrected chi connectivity index (χ3v) is 3.90. The Balaban J connectivity index is -0.000000257. The number of thioether (sulfide) groups is 1. The normalized spacial score (nSPS) is 12.1. The van der Waals surface area contributed by atoms with Crippen LogP contribution >= 0.6 is 11.8 Å². The van der Waals surface area contributed by atoms with Crippen molar-refractivity contribution in [3.63, 3.8) is 0 Å². The van der Waals surface area contributed by atoms with Gasteiger partial charge in [-0.25, -0.2) is 0 Å². The van der Waals surface area contributed by atoms with Crippen LogP contribution in [0.3, 0.4) is 0 Å². The zero-order valence-corrected chi connectivity index (χ0v) is 16.5. The SMILES string of the molecule is CSCC[C@H](N)C(=O)O.C[SeH].C[Se]CC[C@H](N)C(=O)O. The van der Waals surface area contributed by atoms with E-state index in [1.54, 1.807) is 11.8 Å². The minimum atomic E-state index is -0.913.